The van der Waals surface area contributed by atoms with E-state index in [0.717, 1.165) is 5.69 Å². The molecule has 8 heteroatoms. The van der Waals surface area contributed by atoms with Gasteiger partial charge in [-0.15, -0.1) is 0 Å². The van der Waals surface area contributed by atoms with Gasteiger partial charge in [0, 0.05) is 20.3 Å². The molecule has 2 aromatic rings. The van der Waals surface area contributed by atoms with Crippen LogP contribution in [0.4, 0.5) is 11.5 Å². The van der Waals surface area contributed by atoms with Crippen LogP contribution in [0, 0.1) is 0 Å². The molecule has 0 radical (unpaired) electrons. The van der Waals surface area contributed by atoms with Gasteiger partial charge in [-0.25, -0.2) is 4.79 Å². The molecule has 0 amide bonds. The number of aryl methyl sites for hydroxylation is 1. The largest absolute Gasteiger partial charge is 0.383 e. The minimum atomic E-state index is -0.541. The topological polar surface area (TPSA) is 111 Å². The molecule has 0 bridgehead atoms. The molecule has 2 heterocycles. The van der Waals surface area contributed by atoms with E-state index < -0.39 is 11.2 Å². The van der Waals surface area contributed by atoms with Crippen LogP contribution >= 0.6 is 0 Å². The van der Waals surface area contributed by atoms with E-state index in [9.17, 15) is 9.59 Å². The first-order valence-electron chi connectivity index (χ1n) is 5.30. The fraction of sp³-hybridized carbons (Fsp3) is 0.300. The molecule has 0 fully saturated rings. The Morgan fingerprint density at radius 3 is 2.78 bits per heavy atom. The van der Waals surface area contributed by atoms with Crippen molar-refractivity contribution in [2.75, 3.05) is 11.1 Å². The maximum absolute atomic E-state index is 11.6. The van der Waals surface area contributed by atoms with Crippen molar-refractivity contribution >= 4 is 11.5 Å². The summed E-state index contributed by atoms with van der Waals surface area (Å²) in [6.07, 6.45) is 1.80. The number of hydrogen-bond donors (Lipinski definition) is 3. The van der Waals surface area contributed by atoms with E-state index >= 15 is 0 Å². The Balaban J connectivity index is 2.27. The van der Waals surface area contributed by atoms with Crippen LogP contribution in [-0.2, 0) is 20.6 Å². The average Bonchev–Trinajstić information content (AvgIpc) is 2.72. The number of rotatable bonds is 3. The molecule has 8 nitrogen and oxygen atoms in total. The molecule has 0 aromatic carbocycles. The van der Waals surface area contributed by atoms with Gasteiger partial charge in [-0.05, 0) is 6.07 Å². The van der Waals surface area contributed by atoms with E-state index in [2.05, 4.69) is 15.4 Å². The fourth-order valence-corrected chi connectivity index (χ4v) is 1.54. The van der Waals surface area contributed by atoms with Crippen LogP contribution in [0.25, 0.3) is 0 Å². The molecule has 0 saturated heterocycles. The number of aromatic amines is 1. The highest BCUT2D eigenvalue weighted by molar-refractivity contribution is 5.60. The van der Waals surface area contributed by atoms with Crippen LogP contribution in [-0.4, -0.2) is 19.3 Å². The van der Waals surface area contributed by atoms with Crippen molar-refractivity contribution in [2.45, 2.75) is 6.54 Å². The molecule has 0 spiro atoms. The van der Waals surface area contributed by atoms with Crippen LogP contribution < -0.4 is 22.3 Å². The summed E-state index contributed by atoms with van der Waals surface area (Å²) in [6, 6.07) is 1.82. The lowest BCUT2D eigenvalue weighted by Crippen LogP contribution is -2.32. The van der Waals surface area contributed by atoms with Gasteiger partial charge in [0.15, 0.2) is 0 Å². The molecule has 18 heavy (non-hydrogen) atoms. The van der Waals surface area contributed by atoms with Gasteiger partial charge in [0.1, 0.15) is 11.5 Å². The molecule has 2 rings (SSSR count). The second kappa shape index (κ2) is 4.40. The van der Waals surface area contributed by atoms with Gasteiger partial charge < -0.3 is 11.1 Å². The Morgan fingerprint density at radius 1 is 1.44 bits per heavy atom. The predicted molar refractivity (Wildman–Crippen MR) is 67.3 cm³/mol. The van der Waals surface area contributed by atoms with Crippen LogP contribution in [0.15, 0.2) is 21.9 Å². The zero-order chi connectivity index (χ0) is 13.3. The lowest BCUT2D eigenvalue weighted by Gasteiger charge is -2.09. The number of hydrogen-bond acceptors (Lipinski definition) is 5. The van der Waals surface area contributed by atoms with E-state index in [1.807, 2.05) is 6.07 Å². The van der Waals surface area contributed by atoms with Gasteiger partial charge in [0.2, 0.25) is 0 Å². The van der Waals surface area contributed by atoms with E-state index in [1.54, 1.807) is 17.9 Å². The summed E-state index contributed by atoms with van der Waals surface area (Å²) in [4.78, 5) is 25.1. The van der Waals surface area contributed by atoms with Crippen molar-refractivity contribution in [3.05, 3.63) is 38.8 Å². The highest BCUT2D eigenvalue weighted by atomic mass is 16.2. The minimum Gasteiger partial charge on any atom is -0.383 e. The van der Waals surface area contributed by atoms with Crippen LogP contribution in [0.5, 0.6) is 0 Å². The molecule has 0 aliphatic carbocycles. The third-order valence-electron chi connectivity index (χ3n) is 2.58. The van der Waals surface area contributed by atoms with Gasteiger partial charge in [0.25, 0.3) is 5.56 Å². The number of nitrogens with one attached hydrogen (secondary N) is 2. The van der Waals surface area contributed by atoms with Crippen molar-refractivity contribution in [1.82, 2.24) is 19.3 Å². The lowest BCUT2D eigenvalue weighted by atomic mass is 10.4. The average molecular weight is 250 g/mol. The van der Waals surface area contributed by atoms with Crippen molar-refractivity contribution in [2.24, 2.45) is 14.1 Å². The second-order valence-corrected chi connectivity index (χ2v) is 3.91. The molecule has 0 unspecified atom stereocenters. The van der Waals surface area contributed by atoms with Crippen molar-refractivity contribution in [3.63, 3.8) is 0 Å². The van der Waals surface area contributed by atoms with Crippen molar-refractivity contribution in [3.8, 4) is 0 Å². The molecule has 96 valence electrons. The number of nitrogens with two attached hydrogens (primary N) is 1. The molecule has 2 aromatic heterocycles. The lowest BCUT2D eigenvalue weighted by molar-refractivity contribution is 0.746. The summed E-state index contributed by atoms with van der Waals surface area (Å²) in [6.45, 7) is 0.353. The van der Waals surface area contributed by atoms with Gasteiger partial charge in [-0.3, -0.25) is 19.0 Å². The van der Waals surface area contributed by atoms with Gasteiger partial charge >= 0.3 is 5.69 Å². The Morgan fingerprint density at radius 2 is 2.17 bits per heavy atom. The number of aromatic nitrogens is 4. The highest BCUT2D eigenvalue weighted by Gasteiger charge is 2.09. The fourth-order valence-electron chi connectivity index (χ4n) is 1.54. The van der Waals surface area contributed by atoms with Crippen LogP contribution in [0.1, 0.15) is 5.69 Å². The molecule has 0 atom stereocenters. The molecular weight excluding hydrogens is 236 g/mol. The quantitative estimate of drug-likeness (QED) is 0.647. The summed E-state index contributed by atoms with van der Waals surface area (Å²) >= 11 is 0. The SMILES string of the molecule is Cn1ccc(CNc2c(N)n(C)c(=O)[nH]c2=O)n1. The molecule has 0 aliphatic rings. The summed E-state index contributed by atoms with van der Waals surface area (Å²) in [5.41, 5.74) is 5.57. The van der Waals surface area contributed by atoms with E-state index in [-0.39, 0.29) is 11.5 Å². The van der Waals surface area contributed by atoms with E-state index in [1.165, 1.54) is 11.6 Å². The molecule has 4 N–H and O–H groups in total. The maximum Gasteiger partial charge on any atom is 0.329 e. The Kier molecular flexibility index (Phi) is 2.92. The molecule has 0 aliphatic heterocycles. The number of anilines is 2. The summed E-state index contributed by atoms with van der Waals surface area (Å²) in [5.74, 6) is 0.0969. The molecular formula is C10H14N6O2. The number of nitrogens with zero attached hydrogens (tertiary/aromatic N) is 3. The third kappa shape index (κ3) is 2.12. The third-order valence-corrected chi connectivity index (χ3v) is 2.58. The first-order valence-corrected chi connectivity index (χ1v) is 5.30. The van der Waals surface area contributed by atoms with Gasteiger partial charge in [-0.1, -0.05) is 0 Å². The maximum atomic E-state index is 11.6. The highest BCUT2D eigenvalue weighted by Crippen LogP contribution is 2.09. The Labute approximate surface area is 102 Å². The zero-order valence-electron chi connectivity index (χ0n) is 10.1. The summed E-state index contributed by atoms with van der Waals surface area (Å²) in [7, 11) is 3.29. The zero-order valence-corrected chi connectivity index (χ0v) is 10.1. The molecule has 0 saturated carbocycles. The summed E-state index contributed by atoms with van der Waals surface area (Å²) in [5, 5.41) is 7.03. The summed E-state index contributed by atoms with van der Waals surface area (Å²) < 4.78 is 2.83. The standard InChI is InChI=1S/C10H14N6O2/c1-15-4-3-6(14-15)5-12-7-8(11)16(2)10(18)13-9(7)17/h3-4,12H,5,11H2,1-2H3,(H,13,17,18). The number of H-pyrrole nitrogens is 1. The Bertz CT molecular complexity index is 680. The van der Waals surface area contributed by atoms with Crippen LogP contribution in [0.2, 0.25) is 0 Å². The Hall–Kier alpha value is -2.51. The van der Waals surface area contributed by atoms with Gasteiger partial charge in [-0.2, -0.15) is 5.10 Å². The number of nitrogen functional groups attached to an aromatic ring is 1. The van der Waals surface area contributed by atoms with Crippen molar-refractivity contribution < 1.29 is 0 Å². The van der Waals surface area contributed by atoms with E-state index in [0.29, 0.717) is 6.54 Å². The first-order chi connectivity index (χ1) is 8.49. The van der Waals surface area contributed by atoms with Crippen LogP contribution in [0.3, 0.4) is 0 Å². The second-order valence-electron chi connectivity index (χ2n) is 3.91. The van der Waals surface area contributed by atoms with Gasteiger partial charge in [0.05, 0.1) is 12.2 Å². The van der Waals surface area contributed by atoms with Crippen molar-refractivity contribution in [1.29, 1.82) is 0 Å². The first kappa shape index (κ1) is 12.0. The normalized spacial score (nSPS) is 10.6. The smallest absolute Gasteiger partial charge is 0.329 e. The predicted octanol–water partition coefficient (Wildman–Crippen LogP) is -0.999. The monoisotopic (exact) mass is 250 g/mol. The minimum absolute atomic E-state index is 0.0969. The van der Waals surface area contributed by atoms with E-state index in [4.69, 9.17) is 5.73 Å².